The highest BCUT2D eigenvalue weighted by molar-refractivity contribution is 5.89. The van der Waals surface area contributed by atoms with Crippen LogP contribution in [0.5, 0.6) is 5.75 Å². The second kappa shape index (κ2) is 11.7. The van der Waals surface area contributed by atoms with Gasteiger partial charge in [0.25, 0.3) is 0 Å². The third-order valence-corrected chi connectivity index (χ3v) is 6.63. The third-order valence-electron chi connectivity index (χ3n) is 6.63. The molecule has 2 N–H and O–H groups in total. The van der Waals surface area contributed by atoms with Gasteiger partial charge < -0.3 is 19.7 Å². The number of hydrogen-bond acceptors (Lipinski definition) is 5. The topological polar surface area (TPSA) is 79.5 Å². The number of fused-ring (bicyclic) bond motifs is 1. The van der Waals surface area contributed by atoms with Gasteiger partial charge in [-0.05, 0) is 81.5 Å². The van der Waals surface area contributed by atoms with Crippen molar-refractivity contribution in [2.75, 3.05) is 33.8 Å². The maximum Gasteiger partial charge on any atom is 0.245 e. The Morgan fingerprint density at radius 3 is 2.44 bits per heavy atom. The summed E-state index contributed by atoms with van der Waals surface area (Å²) < 4.78 is 26.7. The summed E-state index contributed by atoms with van der Waals surface area (Å²) in [4.78, 5) is 13.1. The molecule has 0 spiro atoms. The van der Waals surface area contributed by atoms with Crippen LogP contribution in [-0.4, -0.2) is 66.0 Å². The number of aromatic nitrogens is 2. The van der Waals surface area contributed by atoms with Crippen LogP contribution in [0.3, 0.4) is 0 Å². The molecule has 0 unspecified atom stereocenters. The van der Waals surface area contributed by atoms with E-state index < -0.39 is 5.95 Å². The van der Waals surface area contributed by atoms with Crippen LogP contribution in [0, 0.1) is 5.95 Å². The summed E-state index contributed by atoms with van der Waals surface area (Å²) in [5, 5.41) is 10.2. The molecule has 0 bridgehead atoms. The van der Waals surface area contributed by atoms with Crippen LogP contribution in [0.4, 0.5) is 4.39 Å². The summed E-state index contributed by atoms with van der Waals surface area (Å²) in [6.07, 6.45) is 4.90. The van der Waals surface area contributed by atoms with E-state index in [9.17, 15) is 9.18 Å². The Morgan fingerprint density at radius 1 is 1.10 bits per heavy atom. The van der Waals surface area contributed by atoms with Crippen molar-refractivity contribution in [2.24, 2.45) is 0 Å². The molecule has 1 aliphatic rings. The largest absolute Gasteiger partial charge is 0.492 e. The first-order valence-electron chi connectivity index (χ1n) is 13.3. The van der Waals surface area contributed by atoms with Gasteiger partial charge >= 0.3 is 0 Å². The number of carbonyl (C=O) groups is 1. The van der Waals surface area contributed by atoms with Crippen LogP contribution in [0.1, 0.15) is 51.7 Å². The van der Waals surface area contributed by atoms with Crippen molar-refractivity contribution in [3.63, 3.8) is 0 Å². The first-order valence-corrected chi connectivity index (χ1v) is 13.3. The quantitative estimate of drug-likeness (QED) is 0.281. The molecule has 1 aliphatic heterocycles. The third kappa shape index (κ3) is 7.34. The van der Waals surface area contributed by atoms with Crippen molar-refractivity contribution in [1.29, 1.82) is 0 Å². The Labute approximate surface area is 230 Å². The number of hydrogen-bond donors (Lipinski definition) is 2. The fourth-order valence-corrected chi connectivity index (χ4v) is 5.25. The van der Waals surface area contributed by atoms with Crippen LogP contribution in [0.25, 0.3) is 16.5 Å². The molecule has 0 aliphatic carbocycles. The molecule has 0 radical (unpaired) electrons. The van der Waals surface area contributed by atoms with Gasteiger partial charge in [0, 0.05) is 33.3 Å². The van der Waals surface area contributed by atoms with Gasteiger partial charge in [-0.3, -0.25) is 9.89 Å². The minimum atomic E-state index is -0.430. The minimum absolute atomic E-state index is 0.0369. The van der Waals surface area contributed by atoms with Crippen molar-refractivity contribution in [1.82, 2.24) is 20.4 Å². The van der Waals surface area contributed by atoms with Gasteiger partial charge in [-0.2, -0.15) is 9.49 Å². The van der Waals surface area contributed by atoms with Crippen molar-refractivity contribution in [2.45, 2.75) is 51.7 Å². The number of carbonyl (C=O) groups excluding carboxylic acids is 1. The van der Waals surface area contributed by atoms with E-state index in [-0.39, 0.29) is 17.1 Å². The van der Waals surface area contributed by atoms with E-state index in [1.807, 2.05) is 30.3 Å². The van der Waals surface area contributed by atoms with Crippen LogP contribution in [0.15, 0.2) is 60.2 Å². The number of rotatable bonds is 9. The predicted molar refractivity (Wildman–Crippen MR) is 153 cm³/mol. The van der Waals surface area contributed by atoms with E-state index in [1.165, 1.54) is 10.5 Å². The lowest BCUT2D eigenvalue weighted by Crippen LogP contribution is -2.42. The number of H-pyrrole nitrogens is 1. The maximum atomic E-state index is 14.4. The molecule has 0 atom stereocenters. The van der Waals surface area contributed by atoms with Gasteiger partial charge in [-0.15, -0.1) is 0 Å². The molecule has 7 nitrogen and oxygen atoms in total. The molecule has 1 aromatic heterocycles. The Bertz CT molecular complexity index is 1350. The lowest BCUT2D eigenvalue weighted by Gasteiger charge is -2.43. The van der Waals surface area contributed by atoms with Gasteiger partial charge in [0.05, 0.1) is 22.1 Å². The number of amides is 1. The summed E-state index contributed by atoms with van der Waals surface area (Å²) in [6, 6.07) is 13.8. The highest BCUT2D eigenvalue weighted by Gasteiger charge is 2.37. The summed E-state index contributed by atoms with van der Waals surface area (Å²) in [5.74, 6) is 0.304. The van der Waals surface area contributed by atoms with E-state index >= 15 is 0 Å². The number of benzene rings is 2. The number of aromatic amines is 1. The molecular weight excluding hydrogens is 495 g/mol. The fraction of sp³-hybridized carbons (Fsp3) is 0.419. The van der Waals surface area contributed by atoms with Crippen LogP contribution >= 0.6 is 0 Å². The monoisotopic (exact) mass is 534 g/mol. The molecule has 1 fully saturated rings. The lowest BCUT2D eigenvalue weighted by molar-refractivity contribution is -0.138. The van der Waals surface area contributed by atoms with Crippen molar-refractivity contribution >= 4 is 22.4 Å². The van der Waals surface area contributed by atoms with E-state index in [2.05, 4.69) is 55.3 Å². The van der Waals surface area contributed by atoms with Crippen molar-refractivity contribution < 1.29 is 18.7 Å². The van der Waals surface area contributed by atoms with Gasteiger partial charge in [0.15, 0.2) is 0 Å². The Morgan fingerprint density at radius 2 is 1.77 bits per heavy atom. The zero-order valence-electron chi connectivity index (χ0n) is 23.7. The first kappa shape index (κ1) is 28.5. The number of likely N-dealkylation sites (N-methyl/N-ethyl adjacent to an activating group) is 1. The maximum absolute atomic E-state index is 14.4. The second-order valence-electron chi connectivity index (χ2n) is 11.4. The van der Waals surface area contributed by atoms with E-state index in [0.29, 0.717) is 30.6 Å². The summed E-state index contributed by atoms with van der Waals surface area (Å²) >= 11 is 0. The highest BCUT2D eigenvalue weighted by Crippen LogP contribution is 2.43. The highest BCUT2D eigenvalue weighted by atomic mass is 19.1. The van der Waals surface area contributed by atoms with Crippen molar-refractivity contribution in [3.8, 4) is 5.75 Å². The molecule has 3 aromatic rings. The number of halogens is 1. The second-order valence-corrected chi connectivity index (χ2v) is 11.4. The molecule has 2 aromatic carbocycles. The average Bonchev–Trinajstić information content (AvgIpc) is 3.22. The van der Waals surface area contributed by atoms with Gasteiger partial charge in [-0.25, -0.2) is 0 Å². The average molecular weight is 535 g/mol. The lowest BCUT2D eigenvalue weighted by atomic mass is 9.79. The van der Waals surface area contributed by atoms with E-state index in [4.69, 9.17) is 9.47 Å². The van der Waals surface area contributed by atoms with Crippen LogP contribution in [-0.2, 0) is 9.53 Å². The summed E-state index contributed by atoms with van der Waals surface area (Å²) in [6.45, 7) is 10.2. The van der Waals surface area contributed by atoms with E-state index in [1.54, 1.807) is 26.2 Å². The normalized spacial score (nSPS) is 16.5. The molecule has 1 saturated heterocycles. The van der Waals surface area contributed by atoms with Gasteiger partial charge in [0.2, 0.25) is 11.9 Å². The number of nitrogens with zero attached hydrogens (tertiary/aromatic N) is 2. The Hall–Kier alpha value is -3.49. The smallest absolute Gasteiger partial charge is 0.245 e. The molecule has 1 amide bonds. The van der Waals surface area contributed by atoms with Crippen LogP contribution in [0.2, 0.25) is 0 Å². The summed E-state index contributed by atoms with van der Waals surface area (Å²) in [5.41, 5.74) is 4.32. The molecule has 8 heteroatoms. The molecule has 39 heavy (non-hydrogen) atoms. The van der Waals surface area contributed by atoms with Crippen molar-refractivity contribution in [3.05, 3.63) is 77.3 Å². The summed E-state index contributed by atoms with van der Waals surface area (Å²) in [7, 11) is 3.45. The molecule has 4 rings (SSSR count). The van der Waals surface area contributed by atoms with Gasteiger partial charge in [0.1, 0.15) is 12.4 Å². The Kier molecular flexibility index (Phi) is 8.57. The zero-order chi connectivity index (χ0) is 28.2. The molecule has 208 valence electrons. The first-order chi connectivity index (χ1) is 18.4. The SMILES string of the molecule is CN(C)C(=O)/C=C/CNCCOc1ccc(C(=C2CC(C)(C)OC(C)(C)C2)c2ccc3n[nH]c(F)c3c2)cc1. The van der Waals surface area contributed by atoms with Crippen LogP contribution < -0.4 is 10.1 Å². The molecule has 0 saturated carbocycles. The van der Waals surface area contributed by atoms with E-state index in [0.717, 1.165) is 35.3 Å². The predicted octanol–water partition coefficient (Wildman–Crippen LogP) is 5.48. The standard InChI is InChI=1S/C31H39FN4O3/c1-30(2)19-23(20-31(3,4)39-30)28(22-11-14-26-25(18-22)29(32)35-34-26)21-9-12-24(13-10-21)38-17-16-33-15-7-8-27(37)36(5)6/h7-14,18,33H,15-17,19-20H2,1-6H3,(H,34,35)/b8-7+. The Balaban J connectivity index is 1.53. The number of ether oxygens (including phenoxy) is 2. The zero-order valence-corrected chi connectivity index (χ0v) is 23.7. The minimum Gasteiger partial charge on any atom is -0.492 e. The van der Waals surface area contributed by atoms with Gasteiger partial charge in [-0.1, -0.05) is 29.8 Å². The fourth-order valence-electron chi connectivity index (χ4n) is 5.25. The number of nitrogens with one attached hydrogen (secondary N) is 2. The molecule has 2 heterocycles. The molecular formula is C31H39FN4O3.